The predicted molar refractivity (Wildman–Crippen MR) is 114 cm³/mol. The topological polar surface area (TPSA) is 59.9 Å². The standard InChI is InChI=1S/C22H27ClN2O3/c1-5-9-28-22-19(23)11-17(12-20(22)27-6-2)14-24-25-21(26)13-18-8-7-15(3)10-16(18)4/h7-8,10-12,14H,5-6,9,13H2,1-4H3,(H,25,26)/b24-14-. The molecule has 0 atom stereocenters. The number of hydrogen-bond donors (Lipinski definition) is 1. The van der Waals surface area contributed by atoms with Crippen molar-refractivity contribution >= 4 is 23.7 Å². The minimum Gasteiger partial charge on any atom is -0.490 e. The number of carbonyl (C=O) groups excluding carboxylic acids is 1. The highest BCUT2D eigenvalue weighted by atomic mass is 35.5. The molecule has 0 spiro atoms. The molecule has 0 saturated carbocycles. The Kier molecular flexibility index (Phi) is 8.33. The van der Waals surface area contributed by atoms with E-state index in [2.05, 4.69) is 16.6 Å². The van der Waals surface area contributed by atoms with E-state index >= 15 is 0 Å². The second-order valence-electron chi connectivity index (χ2n) is 6.51. The van der Waals surface area contributed by atoms with Gasteiger partial charge < -0.3 is 9.47 Å². The first-order valence-corrected chi connectivity index (χ1v) is 9.79. The quantitative estimate of drug-likeness (QED) is 0.482. The van der Waals surface area contributed by atoms with Gasteiger partial charge in [-0.05, 0) is 56.0 Å². The van der Waals surface area contributed by atoms with Crippen LogP contribution in [0.2, 0.25) is 5.02 Å². The van der Waals surface area contributed by atoms with Crippen molar-refractivity contribution in [2.45, 2.75) is 40.5 Å². The van der Waals surface area contributed by atoms with E-state index in [4.69, 9.17) is 21.1 Å². The van der Waals surface area contributed by atoms with Gasteiger partial charge in [0.2, 0.25) is 5.91 Å². The summed E-state index contributed by atoms with van der Waals surface area (Å²) in [5, 5.41) is 4.49. The second kappa shape index (κ2) is 10.7. The third kappa shape index (κ3) is 6.27. The molecule has 0 aliphatic heterocycles. The summed E-state index contributed by atoms with van der Waals surface area (Å²) in [6.45, 7) is 9.00. The third-order valence-corrected chi connectivity index (χ3v) is 4.31. The molecule has 1 N–H and O–H groups in total. The first-order valence-electron chi connectivity index (χ1n) is 9.41. The molecule has 0 aliphatic carbocycles. The molecule has 2 rings (SSSR count). The maximum absolute atomic E-state index is 12.2. The molecule has 0 saturated heterocycles. The zero-order valence-corrected chi connectivity index (χ0v) is 17.6. The van der Waals surface area contributed by atoms with Crippen molar-refractivity contribution in [1.29, 1.82) is 0 Å². The number of rotatable bonds is 9. The Bertz CT molecular complexity index is 850. The second-order valence-corrected chi connectivity index (χ2v) is 6.92. The Morgan fingerprint density at radius 3 is 2.64 bits per heavy atom. The SMILES string of the molecule is CCCOc1c(Cl)cc(/C=N\NC(=O)Cc2ccc(C)cc2C)cc1OCC. The highest BCUT2D eigenvalue weighted by Gasteiger charge is 2.12. The Morgan fingerprint density at radius 1 is 1.18 bits per heavy atom. The van der Waals surface area contributed by atoms with Crippen LogP contribution in [-0.4, -0.2) is 25.3 Å². The molecule has 0 aromatic heterocycles. The van der Waals surface area contributed by atoms with Crippen LogP contribution in [0.15, 0.2) is 35.4 Å². The molecule has 0 radical (unpaired) electrons. The van der Waals surface area contributed by atoms with Gasteiger partial charge in [0.05, 0.1) is 30.9 Å². The molecule has 2 aromatic rings. The summed E-state index contributed by atoms with van der Waals surface area (Å²) in [5.74, 6) is 0.912. The highest BCUT2D eigenvalue weighted by molar-refractivity contribution is 6.32. The van der Waals surface area contributed by atoms with Gasteiger partial charge in [-0.2, -0.15) is 5.10 Å². The fourth-order valence-electron chi connectivity index (χ4n) is 2.71. The number of halogens is 1. The lowest BCUT2D eigenvalue weighted by Crippen LogP contribution is -2.20. The van der Waals surface area contributed by atoms with E-state index in [0.717, 1.165) is 17.5 Å². The van der Waals surface area contributed by atoms with Gasteiger partial charge in [-0.1, -0.05) is 42.3 Å². The lowest BCUT2D eigenvalue weighted by Gasteiger charge is -2.13. The van der Waals surface area contributed by atoms with Gasteiger partial charge in [0.15, 0.2) is 11.5 Å². The summed E-state index contributed by atoms with van der Waals surface area (Å²) >= 11 is 6.33. The molecular weight excluding hydrogens is 376 g/mol. The Labute approximate surface area is 171 Å². The fourth-order valence-corrected chi connectivity index (χ4v) is 2.98. The first kappa shape index (κ1) is 21.8. The molecule has 0 aliphatic rings. The summed E-state index contributed by atoms with van der Waals surface area (Å²) < 4.78 is 11.3. The molecule has 0 heterocycles. The first-order chi connectivity index (χ1) is 13.4. The van der Waals surface area contributed by atoms with Crippen molar-refractivity contribution < 1.29 is 14.3 Å². The predicted octanol–water partition coefficient (Wildman–Crippen LogP) is 4.84. The molecule has 6 heteroatoms. The molecule has 0 unspecified atom stereocenters. The van der Waals surface area contributed by atoms with Crippen LogP contribution in [-0.2, 0) is 11.2 Å². The average Bonchev–Trinajstić information content (AvgIpc) is 2.64. The number of aryl methyl sites for hydroxylation is 2. The molecule has 0 bridgehead atoms. The molecule has 1 amide bonds. The minimum absolute atomic E-state index is 0.178. The van der Waals surface area contributed by atoms with Crippen molar-refractivity contribution in [3.63, 3.8) is 0 Å². The van der Waals surface area contributed by atoms with Crippen molar-refractivity contribution in [3.05, 3.63) is 57.6 Å². The fraction of sp³-hybridized carbons (Fsp3) is 0.364. The van der Waals surface area contributed by atoms with Crippen LogP contribution in [0.4, 0.5) is 0 Å². The van der Waals surface area contributed by atoms with Gasteiger partial charge in [0.25, 0.3) is 0 Å². The molecule has 2 aromatic carbocycles. The van der Waals surface area contributed by atoms with E-state index in [0.29, 0.717) is 35.3 Å². The minimum atomic E-state index is -0.178. The van der Waals surface area contributed by atoms with Gasteiger partial charge in [-0.3, -0.25) is 4.79 Å². The van der Waals surface area contributed by atoms with Crippen molar-refractivity contribution in [3.8, 4) is 11.5 Å². The summed E-state index contributed by atoms with van der Waals surface area (Å²) in [4.78, 5) is 12.2. The smallest absolute Gasteiger partial charge is 0.244 e. The van der Waals surface area contributed by atoms with Gasteiger partial charge in [-0.15, -0.1) is 0 Å². The number of ether oxygens (including phenoxy) is 2. The van der Waals surface area contributed by atoms with E-state index in [1.54, 1.807) is 12.1 Å². The maximum Gasteiger partial charge on any atom is 0.244 e. The van der Waals surface area contributed by atoms with E-state index in [1.165, 1.54) is 11.8 Å². The van der Waals surface area contributed by atoms with Crippen LogP contribution in [0, 0.1) is 13.8 Å². The Hall–Kier alpha value is -2.53. The number of hydrazone groups is 1. The average molecular weight is 403 g/mol. The normalized spacial score (nSPS) is 10.9. The third-order valence-electron chi connectivity index (χ3n) is 4.03. The van der Waals surface area contributed by atoms with Crippen molar-refractivity contribution in [1.82, 2.24) is 5.43 Å². The molecule has 28 heavy (non-hydrogen) atoms. The molecule has 0 fully saturated rings. The monoisotopic (exact) mass is 402 g/mol. The lowest BCUT2D eigenvalue weighted by molar-refractivity contribution is -0.120. The number of nitrogens with zero attached hydrogens (tertiary/aromatic N) is 1. The zero-order chi connectivity index (χ0) is 20.5. The van der Waals surface area contributed by atoms with Gasteiger partial charge in [0, 0.05) is 0 Å². The number of nitrogens with one attached hydrogen (secondary N) is 1. The van der Waals surface area contributed by atoms with E-state index in [-0.39, 0.29) is 12.3 Å². The van der Waals surface area contributed by atoms with Gasteiger partial charge >= 0.3 is 0 Å². The number of benzene rings is 2. The largest absolute Gasteiger partial charge is 0.490 e. The van der Waals surface area contributed by atoms with E-state index in [1.807, 2.05) is 39.8 Å². The lowest BCUT2D eigenvalue weighted by atomic mass is 10.0. The van der Waals surface area contributed by atoms with Crippen LogP contribution < -0.4 is 14.9 Å². The highest BCUT2D eigenvalue weighted by Crippen LogP contribution is 2.36. The Balaban J connectivity index is 2.05. The van der Waals surface area contributed by atoms with E-state index < -0.39 is 0 Å². The van der Waals surface area contributed by atoms with E-state index in [9.17, 15) is 4.79 Å². The van der Waals surface area contributed by atoms with Crippen LogP contribution in [0.25, 0.3) is 0 Å². The van der Waals surface area contributed by atoms with Crippen LogP contribution in [0.1, 0.15) is 42.5 Å². The summed E-state index contributed by atoms with van der Waals surface area (Å²) in [6, 6.07) is 9.55. The molecule has 5 nitrogen and oxygen atoms in total. The zero-order valence-electron chi connectivity index (χ0n) is 16.8. The molecular formula is C22H27ClN2O3. The number of carbonyl (C=O) groups is 1. The van der Waals surface area contributed by atoms with Crippen LogP contribution >= 0.6 is 11.6 Å². The maximum atomic E-state index is 12.2. The van der Waals surface area contributed by atoms with Crippen molar-refractivity contribution in [2.24, 2.45) is 5.10 Å². The summed E-state index contributed by atoms with van der Waals surface area (Å²) in [6.07, 6.45) is 2.69. The van der Waals surface area contributed by atoms with Gasteiger partial charge in [-0.25, -0.2) is 5.43 Å². The summed E-state index contributed by atoms with van der Waals surface area (Å²) in [7, 11) is 0. The Morgan fingerprint density at radius 2 is 1.96 bits per heavy atom. The van der Waals surface area contributed by atoms with Crippen molar-refractivity contribution in [2.75, 3.05) is 13.2 Å². The number of amides is 1. The summed E-state index contributed by atoms with van der Waals surface area (Å²) in [5.41, 5.74) is 6.52. The van der Waals surface area contributed by atoms with Crippen LogP contribution in [0.5, 0.6) is 11.5 Å². The van der Waals surface area contributed by atoms with Crippen LogP contribution in [0.3, 0.4) is 0 Å². The van der Waals surface area contributed by atoms with Gasteiger partial charge in [0.1, 0.15) is 0 Å². The molecule has 150 valence electrons. The number of hydrogen-bond acceptors (Lipinski definition) is 4.